The maximum Gasteiger partial charge on any atom is 0.147 e. The fourth-order valence-corrected chi connectivity index (χ4v) is 8.78. The summed E-state index contributed by atoms with van der Waals surface area (Å²) >= 11 is 0. The molecule has 0 aliphatic heterocycles. The molecule has 0 saturated carbocycles. The monoisotopic (exact) mass is 784 g/mol. The van der Waals surface area contributed by atoms with Crippen molar-refractivity contribution in [1.82, 2.24) is 9.13 Å². The zero-order chi connectivity index (χ0) is 40.9. The summed E-state index contributed by atoms with van der Waals surface area (Å²) in [5.74, 6) is 1.75. The molecule has 8 aromatic carbocycles. The van der Waals surface area contributed by atoms with Gasteiger partial charge in [0, 0.05) is 49.7 Å². The Kier molecular flexibility index (Phi) is 9.25. The molecule has 0 aliphatic carbocycles. The minimum absolute atomic E-state index is 0.00431. The molecule has 0 bridgehead atoms. The van der Waals surface area contributed by atoms with E-state index in [1.165, 1.54) is 0 Å². The van der Waals surface area contributed by atoms with E-state index in [0.29, 0.717) is 35.8 Å². The van der Waals surface area contributed by atoms with Crippen molar-refractivity contribution >= 4 is 43.6 Å². The van der Waals surface area contributed by atoms with Crippen LogP contribution in [0.4, 0.5) is 0 Å². The van der Waals surface area contributed by atoms with E-state index in [-0.39, 0.29) is 17.4 Å². The Morgan fingerprint density at radius 3 is 1.10 bits per heavy atom. The Bertz CT molecular complexity index is 2920. The number of benzene rings is 8. The van der Waals surface area contributed by atoms with Crippen LogP contribution in [0, 0.1) is 19.8 Å². The zero-order valence-corrected chi connectivity index (χ0v) is 33.8. The largest absolute Gasteiger partial charge is 0.505 e. The molecule has 2 N–H and O–H groups in total. The number of rotatable bonds is 10. The van der Waals surface area contributed by atoms with Gasteiger partial charge < -0.3 is 28.8 Å². The van der Waals surface area contributed by atoms with Gasteiger partial charge in [0.2, 0.25) is 0 Å². The number of aromatic nitrogens is 2. The molecule has 0 atom stereocenters. The number of nitrogens with zero attached hydrogens (tertiary/aromatic N) is 2. The zero-order valence-electron chi connectivity index (χ0n) is 33.8. The number of aryl methyl sites for hydroxylation is 2. The van der Waals surface area contributed by atoms with Gasteiger partial charge in [-0.1, -0.05) is 116 Å². The van der Waals surface area contributed by atoms with Gasteiger partial charge in [0.05, 0.1) is 46.7 Å². The third kappa shape index (κ3) is 6.29. The second-order valence-corrected chi connectivity index (χ2v) is 15.8. The number of para-hydroxylation sites is 6. The van der Waals surface area contributed by atoms with Gasteiger partial charge in [-0.15, -0.1) is 0 Å². The lowest BCUT2D eigenvalue weighted by atomic mass is 9.99. The van der Waals surface area contributed by atoms with Gasteiger partial charge in [0.25, 0.3) is 0 Å². The number of fused-ring (bicyclic) bond motifs is 6. The highest BCUT2D eigenvalue weighted by Gasteiger charge is 2.22. The fourth-order valence-electron chi connectivity index (χ4n) is 8.78. The van der Waals surface area contributed by atoms with Crippen LogP contribution in [-0.4, -0.2) is 32.6 Å². The summed E-state index contributed by atoms with van der Waals surface area (Å²) in [6.45, 7) is 6.99. The van der Waals surface area contributed by atoms with Crippen LogP contribution >= 0.6 is 0 Å². The Hall–Kier alpha value is -7.44. The van der Waals surface area contributed by atoms with Gasteiger partial charge in [-0.25, -0.2) is 0 Å². The highest BCUT2D eigenvalue weighted by molar-refractivity contribution is 6.10. The molecule has 0 saturated heterocycles. The minimum atomic E-state index is 0.00431. The molecule has 0 spiro atoms. The van der Waals surface area contributed by atoms with Gasteiger partial charge in [-0.3, -0.25) is 0 Å². The highest BCUT2D eigenvalue weighted by atomic mass is 16.5. The van der Waals surface area contributed by atoms with Gasteiger partial charge in [0.15, 0.2) is 0 Å². The topological polar surface area (TPSA) is 68.8 Å². The summed E-state index contributed by atoms with van der Waals surface area (Å²) in [6.07, 6.45) is 0. The molecule has 294 valence electrons. The first-order chi connectivity index (χ1) is 29.4. The number of ether oxygens (including phenoxy) is 2. The van der Waals surface area contributed by atoms with E-state index in [2.05, 4.69) is 103 Å². The standard InChI is InChI=1S/C54H44N2O4/c1-34-28-43(53(57)49(30-34)55-45-22-10-4-16-37(45)38-17-5-11-23-46(38)55)41-20-8-14-26-51(41)59-32-36(3)33-60-52-27-15-9-21-42(52)44-29-35(2)31-50(54(44)58)56-47-24-12-6-18-39(47)40-19-7-13-25-48(40)56/h4-31,36,57-58H,32-33H2,1-3H3. The van der Waals surface area contributed by atoms with E-state index in [1.54, 1.807) is 0 Å². The van der Waals surface area contributed by atoms with E-state index >= 15 is 0 Å². The second kappa shape index (κ2) is 15.1. The molecule has 0 aliphatic rings. The van der Waals surface area contributed by atoms with Crippen molar-refractivity contribution in [3.05, 3.63) is 181 Å². The van der Waals surface area contributed by atoms with Gasteiger partial charge >= 0.3 is 0 Å². The van der Waals surface area contributed by atoms with E-state index < -0.39 is 0 Å². The normalized spacial score (nSPS) is 11.7. The van der Waals surface area contributed by atoms with Crippen molar-refractivity contribution in [3.63, 3.8) is 0 Å². The van der Waals surface area contributed by atoms with Gasteiger partial charge in [-0.05, 0) is 85.6 Å². The summed E-state index contributed by atoms with van der Waals surface area (Å²) in [6, 6.07) is 57.2. The number of aromatic hydroxyl groups is 2. The maximum absolute atomic E-state index is 12.1. The van der Waals surface area contributed by atoms with E-state index in [1.807, 2.05) is 97.1 Å². The molecule has 6 nitrogen and oxygen atoms in total. The highest BCUT2D eigenvalue weighted by Crippen LogP contribution is 2.45. The molecule has 0 fully saturated rings. The average Bonchev–Trinajstić information content (AvgIpc) is 3.79. The lowest BCUT2D eigenvalue weighted by molar-refractivity contribution is 0.189. The van der Waals surface area contributed by atoms with Crippen LogP contribution in [0.3, 0.4) is 0 Å². The summed E-state index contributed by atoms with van der Waals surface area (Å²) in [5, 5.41) is 28.7. The Balaban J connectivity index is 0.920. The van der Waals surface area contributed by atoms with Crippen molar-refractivity contribution in [1.29, 1.82) is 0 Å². The predicted octanol–water partition coefficient (Wildman–Crippen LogP) is 13.3. The molecule has 2 heterocycles. The van der Waals surface area contributed by atoms with Crippen LogP contribution in [-0.2, 0) is 0 Å². The minimum Gasteiger partial charge on any atom is -0.505 e. The second-order valence-electron chi connectivity index (χ2n) is 15.8. The molecule has 6 heteroatoms. The van der Waals surface area contributed by atoms with E-state index in [9.17, 15) is 10.2 Å². The van der Waals surface area contributed by atoms with Gasteiger partial charge in [0.1, 0.15) is 23.0 Å². The third-order valence-electron chi connectivity index (χ3n) is 11.5. The SMILES string of the molecule is Cc1cc(-c2ccccc2OCC(C)COc2ccccc2-c2cc(C)cc(-n3c4ccccc4c4ccccc43)c2O)c(O)c(-n2c3ccccc3c3ccccc32)c1. The number of phenolic OH excluding ortho intramolecular Hbond substituents is 2. The molecular formula is C54H44N2O4. The fraction of sp³-hybridized carbons (Fsp3) is 0.111. The first kappa shape index (κ1) is 36.9. The average molecular weight is 785 g/mol. The Morgan fingerprint density at radius 1 is 0.417 bits per heavy atom. The molecule has 10 rings (SSSR count). The quantitative estimate of drug-likeness (QED) is 0.145. The van der Waals surface area contributed by atoms with Crippen molar-refractivity contribution in [2.24, 2.45) is 5.92 Å². The van der Waals surface area contributed by atoms with Crippen LogP contribution in [0.1, 0.15) is 18.1 Å². The van der Waals surface area contributed by atoms with Crippen LogP contribution in [0.5, 0.6) is 23.0 Å². The van der Waals surface area contributed by atoms with Crippen molar-refractivity contribution < 1.29 is 19.7 Å². The lowest BCUT2D eigenvalue weighted by Gasteiger charge is -2.20. The van der Waals surface area contributed by atoms with Crippen molar-refractivity contribution in [2.75, 3.05) is 13.2 Å². The number of hydrogen-bond donors (Lipinski definition) is 2. The summed E-state index contributed by atoms with van der Waals surface area (Å²) in [7, 11) is 0. The van der Waals surface area contributed by atoms with E-state index in [0.717, 1.165) is 77.2 Å². The summed E-state index contributed by atoms with van der Waals surface area (Å²) in [4.78, 5) is 0. The number of hydrogen-bond acceptors (Lipinski definition) is 4. The van der Waals surface area contributed by atoms with Crippen LogP contribution in [0.15, 0.2) is 170 Å². The molecular weight excluding hydrogens is 741 g/mol. The van der Waals surface area contributed by atoms with Crippen molar-refractivity contribution in [2.45, 2.75) is 20.8 Å². The summed E-state index contributed by atoms with van der Waals surface area (Å²) < 4.78 is 17.4. The first-order valence-corrected chi connectivity index (χ1v) is 20.4. The Labute approximate surface area is 348 Å². The predicted molar refractivity (Wildman–Crippen MR) is 245 cm³/mol. The molecule has 0 amide bonds. The maximum atomic E-state index is 12.1. The Morgan fingerprint density at radius 2 is 0.733 bits per heavy atom. The lowest BCUT2D eigenvalue weighted by Crippen LogP contribution is -2.17. The molecule has 2 aromatic heterocycles. The molecule has 10 aromatic rings. The summed E-state index contributed by atoms with van der Waals surface area (Å²) in [5.41, 5.74) is 10.7. The molecule has 60 heavy (non-hydrogen) atoms. The van der Waals surface area contributed by atoms with Gasteiger partial charge in [-0.2, -0.15) is 0 Å². The molecule has 0 unspecified atom stereocenters. The van der Waals surface area contributed by atoms with Crippen molar-refractivity contribution in [3.8, 4) is 56.6 Å². The van der Waals surface area contributed by atoms with E-state index in [4.69, 9.17) is 9.47 Å². The third-order valence-corrected chi connectivity index (χ3v) is 11.5. The van der Waals surface area contributed by atoms with Crippen LogP contribution in [0.2, 0.25) is 0 Å². The smallest absolute Gasteiger partial charge is 0.147 e. The first-order valence-electron chi connectivity index (χ1n) is 20.4. The van der Waals surface area contributed by atoms with Crippen LogP contribution < -0.4 is 9.47 Å². The number of phenols is 2. The molecule has 0 radical (unpaired) electrons. The van der Waals surface area contributed by atoms with Crippen LogP contribution in [0.25, 0.3) is 77.2 Å².